The number of hydrogen-bond donors (Lipinski definition) is 1. The van der Waals surface area contributed by atoms with Crippen LogP contribution in [0.1, 0.15) is 22.1 Å². The van der Waals surface area contributed by atoms with Crippen LogP contribution in [0.3, 0.4) is 0 Å². The van der Waals surface area contributed by atoms with Gasteiger partial charge in [-0.25, -0.2) is 8.78 Å². The summed E-state index contributed by atoms with van der Waals surface area (Å²) in [5.74, 6) is -2.47. The number of nitrogens with zero attached hydrogens (tertiary/aromatic N) is 2. The van der Waals surface area contributed by atoms with E-state index in [0.717, 1.165) is 30.9 Å². The minimum Gasteiger partial charge on any atom is -0.379 e. The fourth-order valence-electron chi connectivity index (χ4n) is 3.12. The first-order chi connectivity index (χ1) is 12.1. The first-order valence-corrected chi connectivity index (χ1v) is 8.23. The standard InChI is InChI=1S/C18H21F2N3O2/c1-22-7-3-6-15(22)16(23-8-10-25-11-9-23)12-21-18(24)17-13(19)4-2-5-14(17)20/h2-7,16H,8-12H2,1H3,(H,21,24)/t16-/m0/s1. The number of carbonyl (C=O) groups is 1. The Morgan fingerprint density at radius 1 is 1.20 bits per heavy atom. The molecule has 0 radical (unpaired) electrons. The van der Waals surface area contributed by atoms with Crippen molar-refractivity contribution in [3.8, 4) is 0 Å². The van der Waals surface area contributed by atoms with Gasteiger partial charge in [0.2, 0.25) is 0 Å². The topological polar surface area (TPSA) is 46.5 Å². The Bertz CT molecular complexity index is 721. The Labute approximate surface area is 145 Å². The molecular formula is C18H21F2N3O2. The summed E-state index contributed by atoms with van der Waals surface area (Å²) in [4.78, 5) is 14.5. The molecule has 2 aromatic rings. The number of rotatable bonds is 5. The van der Waals surface area contributed by atoms with Gasteiger partial charge in [0, 0.05) is 38.6 Å². The van der Waals surface area contributed by atoms with E-state index in [-0.39, 0.29) is 12.6 Å². The summed E-state index contributed by atoms with van der Waals surface area (Å²) in [6.07, 6.45) is 1.93. The summed E-state index contributed by atoms with van der Waals surface area (Å²) in [5, 5.41) is 2.68. The summed E-state index contributed by atoms with van der Waals surface area (Å²) in [7, 11) is 1.93. The maximum absolute atomic E-state index is 13.8. The maximum Gasteiger partial charge on any atom is 0.257 e. The van der Waals surface area contributed by atoms with Crippen molar-refractivity contribution in [3.63, 3.8) is 0 Å². The van der Waals surface area contributed by atoms with Crippen molar-refractivity contribution in [2.75, 3.05) is 32.8 Å². The van der Waals surface area contributed by atoms with Crippen molar-refractivity contribution in [2.24, 2.45) is 7.05 Å². The predicted octanol–water partition coefficient (Wildman–Crippen LogP) is 2.11. The van der Waals surface area contributed by atoms with Gasteiger partial charge >= 0.3 is 0 Å². The molecule has 134 valence electrons. The van der Waals surface area contributed by atoms with Crippen molar-refractivity contribution in [1.82, 2.24) is 14.8 Å². The first kappa shape index (κ1) is 17.6. The Morgan fingerprint density at radius 3 is 2.48 bits per heavy atom. The third-order valence-electron chi connectivity index (χ3n) is 4.46. The summed E-state index contributed by atoms with van der Waals surface area (Å²) in [6, 6.07) is 7.21. The van der Waals surface area contributed by atoms with Crippen LogP contribution in [0.4, 0.5) is 8.78 Å². The van der Waals surface area contributed by atoms with E-state index in [4.69, 9.17) is 4.74 Å². The van der Waals surface area contributed by atoms with Gasteiger partial charge in [0.05, 0.1) is 19.3 Å². The van der Waals surface area contributed by atoms with E-state index >= 15 is 0 Å². The maximum atomic E-state index is 13.8. The van der Waals surface area contributed by atoms with Gasteiger partial charge in [-0.15, -0.1) is 0 Å². The molecule has 1 aromatic carbocycles. The highest BCUT2D eigenvalue weighted by Gasteiger charge is 2.26. The van der Waals surface area contributed by atoms with Crippen LogP contribution < -0.4 is 5.32 Å². The lowest BCUT2D eigenvalue weighted by atomic mass is 10.1. The van der Waals surface area contributed by atoms with Gasteiger partial charge in [0.15, 0.2) is 0 Å². The molecule has 0 spiro atoms. The second kappa shape index (κ2) is 7.76. The highest BCUT2D eigenvalue weighted by atomic mass is 19.1. The highest BCUT2D eigenvalue weighted by molar-refractivity contribution is 5.94. The van der Waals surface area contributed by atoms with Gasteiger partial charge in [-0.2, -0.15) is 0 Å². The number of amides is 1. The number of carbonyl (C=O) groups excluding carboxylic acids is 1. The van der Waals surface area contributed by atoms with Crippen molar-refractivity contribution in [1.29, 1.82) is 0 Å². The fourth-order valence-corrected chi connectivity index (χ4v) is 3.12. The molecule has 1 aromatic heterocycles. The smallest absolute Gasteiger partial charge is 0.257 e. The molecule has 7 heteroatoms. The minimum absolute atomic E-state index is 0.0947. The average molecular weight is 349 g/mol. The lowest BCUT2D eigenvalue weighted by molar-refractivity contribution is 0.0148. The van der Waals surface area contributed by atoms with E-state index in [1.54, 1.807) is 0 Å². The van der Waals surface area contributed by atoms with Gasteiger partial charge in [-0.05, 0) is 24.3 Å². The molecule has 1 amide bonds. The van der Waals surface area contributed by atoms with Crippen LogP contribution in [0, 0.1) is 11.6 Å². The number of hydrogen-bond acceptors (Lipinski definition) is 3. The number of ether oxygens (including phenoxy) is 1. The summed E-state index contributed by atoms with van der Waals surface area (Å²) >= 11 is 0. The largest absolute Gasteiger partial charge is 0.379 e. The van der Waals surface area contributed by atoms with Crippen LogP contribution in [0.2, 0.25) is 0 Å². The molecule has 0 bridgehead atoms. The van der Waals surface area contributed by atoms with Gasteiger partial charge < -0.3 is 14.6 Å². The second-order valence-corrected chi connectivity index (χ2v) is 6.01. The van der Waals surface area contributed by atoms with Crippen molar-refractivity contribution < 1.29 is 18.3 Å². The first-order valence-electron chi connectivity index (χ1n) is 8.23. The number of morpholine rings is 1. The van der Waals surface area contributed by atoms with Crippen LogP contribution in [-0.2, 0) is 11.8 Å². The van der Waals surface area contributed by atoms with Gasteiger partial charge in [0.25, 0.3) is 5.91 Å². The van der Waals surface area contributed by atoms with Crippen molar-refractivity contribution in [3.05, 3.63) is 59.4 Å². The molecular weight excluding hydrogens is 328 g/mol. The summed E-state index contributed by atoms with van der Waals surface area (Å²) in [5.41, 5.74) is 0.478. The normalized spacial score (nSPS) is 16.6. The zero-order chi connectivity index (χ0) is 17.8. The third-order valence-corrected chi connectivity index (χ3v) is 4.46. The van der Waals surface area contributed by atoms with E-state index in [1.807, 2.05) is 29.9 Å². The van der Waals surface area contributed by atoms with E-state index in [0.29, 0.717) is 13.2 Å². The Morgan fingerprint density at radius 2 is 1.88 bits per heavy atom. The Balaban J connectivity index is 1.76. The van der Waals surface area contributed by atoms with Crippen molar-refractivity contribution >= 4 is 5.91 Å². The minimum atomic E-state index is -0.862. The SMILES string of the molecule is Cn1cccc1[C@H](CNC(=O)c1c(F)cccc1F)N1CCOCC1. The lowest BCUT2D eigenvalue weighted by Gasteiger charge is -2.35. The molecule has 1 aliphatic heterocycles. The van der Waals surface area contributed by atoms with Gasteiger partial charge in [-0.3, -0.25) is 9.69 Å². The zero-order valence-corrected chi connectivity index (χ0v) is 14.0. The van der Waals surface area contributed by atoms with Crippen LogP contribution >= 0.6 is 0 Å². The van der Waals surface area contributed by atoms with Crippen LogP contribution in [0.15, 0.2) is 36.5 Å². The van der Waals surface area contributed by atoms with E-state index in [1.165, 1.54) is 6.07 Å². The number of aryl methyl sites for hydroxylation is 1. The fraction of sp³-hybridized carbons (Fsp3) is 0.389. The average Bonchev–Trinajstić information content (AvgIpc) is 3.02. The zero-order valence-electron chi connectivity index (χ0n) is 14.0. The van der Waals surface area contributed by atoms with E-state index in [2.05, 4.69) is 10.2 Å². The van der Waals surface area contributed by atoms with Crippen LogP contribution in [-0.4, -0.2) is 48.2 Å². The molecule has 0 saturated carbocycles. The molecule has 1 fully saturated rings. The molecule has 1 aliphatic rings. The second-order valence-electron chi connectivity index (χ2n) is 6.01. The molecule has 0 aliphatic carbocycles. The third kappa shape index (κ3) is 3.88. The number of benzene rings is 1. The monoisotopic (exact) mass is 349 g/mol. The number of nitrogens with one attached hydrogen (secondary N) is 1. The molecule has 25 heavy (non-hydrogen) atoms. The molecule has 3 rings (SSSR count). The molecule has 1 N–H and O–H groups in total. The molecule has 1 atom stereocenters. The van der Waals surface area contributed by atoms with Gasteiger partial charge in [0.1, 0.15) is 17.2 Å². The van der Waals surface area contributed by atoms with E-state index in [9.17, 15) is 13.6 Å². The number of aromatic nitrogens is 1. The quantitative estimate of drug-likeness (QED) is 0.899. The van der Waals surface area contributed by atoms with E-state index < -0.39 is 23.1 Å². The molecule has 5 nitrogen and oxygen atoms in total. The molecule has 0 unspecified atom stereocenters. The highest BCUT2D eigenvalue weighted by Crippen LogP contribution is 2.22. The van der Waals surface area contributed by atoms with Crippen LogP contribution in [0.25, 0.3) is 0 Å². The van der Waals surface area contributed by atoms with Crippen molar-refractivity contribution in [2.45, 2.75) is 6.04 Å². The number of halogens is 2. The Kier molecular flexibility index (Phi) is 5.45. The molecule has 2 heterocycles. The van der Waals surface area contributed by atoms with Gasteiger partial charge in [-0.1, -0.05) is 6.07 Å². The Hall–Kier alpha value is -2.25. The summed E-state index contributed by atoms with van der Waals surface area (Å²) in [6.45, 7) is 2.97. The van der Waals surface area contributed by atoms with Crippen LogP contribution in [0.5, 0.6) is 0 Å². The molecule has 1 saturated heterocycles. The lowest BCUT2D eigenvalue weighted by Crippen LogP contribution is -2.44. The summed E-state index contributed by atoms with van der Waals surface area (Å²) < 4.78 is 34.9. The predicted molar refractivity (Wildman–Crippen MR) is 89.2 cm³/mol.